The van der Waals surface area contributed by atoms with E-state index in [-0.39, 0.29) is 5.91 Å². The van der Waals surface area contributed by atoms with Crippen molar-refractivity contribution in [1.29, 1.82) is 0 Å². The highest BCUT2D eigenvalue weighted by molar-refractivity contribution is 5.99. The summed E-state index contributed by atoms with van der Waals surface area (Å²) < 4.78 is 0. The van der Waals surface area contributed by atoms with Crippen molar-refractivity contribution >= 4 is 5.91 Å². The Labute approximate surface area is 89.9 Å². The van der Waals surface area contributed by atoms with Crippen LogP contribution in [0.25, 0.3) is 0 Å². The summed E-state index contributed by atoms with van der Waals surface area (Å²) in [5.41, 5.74) is 2.17. The minimum Gasteiger partial charge on any atom is -0.332 e. The Morgan fingerprint density at radius 2 is 2.13 bits per heavy atom. The van der Waals surface area contributed by atoms with Crippen LogP contribution in [0.4, 0.5) is 0 Å². The van der Waals surface area contributed by atoms with E-state index in [1.165, 1.54) is 5.56 Å². The zero-order valence-electron chi connectivity index (χ0n) is 8.94. The molecule has 0 unspecified atom stereocenters. The van der Waals surface area contributed by atoms with E-state index in [0.29, 0.717) is 6.04 Å². The van der Waals surface area contributed by atoms with Gasteiger partial charge in [-0.1, -0.05) is 25.1 Å². The van der Waals surface area contributed by atoms with E-state index in [0.717, 1.165) is 30.9 Å². The van der Waals surface area contributed by atoms with E-state index in [1.807, 2.05) is 23.1 Å². The first-order valence-electron chi connectivity index (χ1n) is 5.67. The number of carbonyl (C=O) groups excluding carboxylic acids is 1. The Bertz CT molecular complexity index is 413. The minimum absolute atomic E-state index is 0.238. The predicted octanol–water partition coefficient (Wildman–Crippen LogP) is 2.61. The van der Waals surface area contributed by atoms with Crippen LogP contribution in [0.2, 0.25) is 0 Å². The Hall–Kier alpha value is -1.31. The average molecular weight is 201 g/mol. The number of carbonyl (C=O) groups is 1. The molecule has 1 amide bonds. The lowest BCUT2D eigenvalue weighted by Crippen LogP contribution is -2.35. The summed E-state index contributed by atoms with van der Waals surface area (Å²) in [6.07, 6.45) is 2.28. The molecule has 1 aromatic rings. The molecular formula is C13H15NO. The van der Waals surface area contributed by atoms with Gasteiger partial charge in [-0.25, -0.2) is 0 Å². The summed E-state index contributed by atoms with van der Waals surface area (Å²) >= 11 is 0. The van der Waals surface area contributed by atoms with Crippen molar-refractivity contribution in [2.75, 3.05) is 6.54 Å². The number of benzene rings is 1. The molecule has 15 heavy (non-hydrogen) atoms. The predicted molar refractivity (Wildman–Crippen MR) is 58.6 cm³/mol. The molecule has 0 spiro atoms. The number of hydrogen-bond acceptors (Lipinski definition) is 1. The summed E-state index contributed by atoms with van der Waals surface area (Å²) in [6.45, 7) is 3.21. The maximum Gasteiger partial charge on any atom is 0.254 e. The quantitative estimate of drug-likeness (QED) is 0.632. The first-order valence-corrected chi connectivity index (χ1v) is 5.67. The second-order valence-corrected chi connectivity index (χ2v) is 4.73. The van der Waals surface area contributed by atoms with Gasteiger partial charge in [0.2, 0.25) is 0 Å². The lowest BCUT2D eigenvalue weighted by molar-refractivity contribution is 0.0626. The number of amides is 1. The van der Waals surface area contributed by atoms with Crippen molar-refractivity contribution < 1.29 is 4.79 Å². The highest BCUT2D eigenvalue weighted by atomic mass is 16.2. The molecule has 1 saturated heterocycles. The third-order valence-electron chi connectivity index (χ3n) is 3.68. The maximum atomic E-state index is 12.1. The average Bonchev–Trinajstić information content (AvgIpc) is 2.54. The van der Waals surface area contributed by atoms with Crippen LogP contribution in [0.3, 0.4) is 0 Å². The molecule has 2 heteroatoms. The zero-order chi connectivity index (χ0) is 10.4. The van der Waals surface area contributed by atoms with Gasteiger partial charge in [-0.2, -0.15) is 0 Å². The van der Waals surface area contributed by atoms with Gasteiger partial charge in [-0.15, -0.1) is 0 Å². The molecule has 3 rings (SSSR count). The zero-order valence-corrected chi connectivity index (χ0v) is 8.94. The number of rotatable bonds is 0. The van der Waals surface area contributed by atoms with Crippen molar-refractivity contribution in [2.24, 2.45) is 5.92 Å². The summed E-state index contributed by atoms with van der Waals surface area (Å²) in [7, 11) is 0. The first-order chi connectivity index (χ1) is 7.27. The van der Waals surface area contributed by atoms with Gasteiger partial charge in [0.15, 0.2) is 0 Å². The van der Waals surface area contributed by atoms with Gasteiger partial charge >= 0.3 is 0 Å². The van der Waals surface area contributed by atoms with Crippen molar-refractivity contribution in [3.8, 4) is 0 Å². The molecule has 0 saturated carbocycles. The van der Waals surface area contributed by atoms with Crippen molar-refractivity contribution in [1.82, 2.24) is 4.90 Å². The van der Waals surface area contributed by atoms with Crippen LogP contribution < -0.4 is 0 Å². The van der Waals surface area contributed by atoms with Crippen LogP contribution in [-0.2, 0) is 0 Å². The normalized spacial score (nSPS) is 28.9. The van der Waals surface area contributed by atoms with Gasteiger partial charge in [-0.05, 0) is 30.4 Å². The monoisotopic (exact) mass is 201 g/mol. The van der Waals surface area contributed by atoms with E-state index in [4.69, 9.17) is 0 Å². The first kappa shape index (κ1) is 8.96. The Balaban J connectivity index is 2.06. The third-order valence-corrected chi connectivity index (χ3v) is 3.68. The van der Waals surface area contributed by atoms with Gasteiger partial charge in [0.05, 0.1) is 6.04 Å². The van der Waals surface area contributed by atoms with E-state index in [1.54, 1.807) is 0 Å². The van der Waals surface area contributed by atoms with Crippen molar-refractivity contribution in [3.05, 3.63) is 35.4 Å². The smallest absolute Gasteiger partial charge is 0.254 e. The topological polar surface area (TPSA) is 20.3 Å². The fraction of sp³-hybridized carbons (Fsp3) is 0.462. The molecule has 0 radical (unpaired) electrons. The van der Waals surface area contributed by atoms with E-state index in [9.17, 15) is 4.79 Å². The van der Waals surface area contributed by atoms with Crippen LogP contribution in [-0.4, -0.2) is 17.4 Å². The fourth-order valence-corrected chi connectivity index (χ4v) is 2.82. The van der Waals surface area contributed by atoms with Crippen LogP contribution >= 0.6 is 0 Å². The summed E-state index contributed by atoms with van der Waals surface area (Å²) in [5.74, 6) is 0.979. The highest BCUT2D eigenvalue weighted by Crippen LogP contribution is 2.41. The van der Waals surface area contributed by atoms with Crippen LogP contribution in [0, 0.1) is 5.92 Å². The maximum absolute atomic E-state index is 12.1. The highest BCUT2D eigenvalue weighted by Gasteiger charge is 2.39. The standard InChI is InChI=1S/C13H15NO/c1-9-6-7-14-12(8-9)10-4-2-3-5-11(10)13(14)15/h2-5,9,12H,6-8H2,1H3/t9-,12+/m1/s1. The molecule has 0 aliphatic carbocycles. The number of nitrogens with zero attached hydrogens (tertiary/aromatic N) is 1. The van der Waals surface area contributed by atoms with E-state index < -0.39 is 0 Å². The molecule has 2 nitrogen and oxygen atoms in total. The molecule has 2 atom stereocenters. The van der Waals surface area contributed by atoms with Gasteiger partial charge in [0, 0.05) is 12.1 Å². The van der Waals surface area contributed by atoms with Gasteiger partial charge < -0.3 is 4.90 Å². The SMILES string of the molecule is C[C@@H]1CCN2C(=O)c3ccccc3[C@@H]2C1. The Morgan fingerprint density at radius 1 is 1.33 bits per heavy atom. The van der Waals surface area contributed by atoms with Gasteiger partial charge in [-0.3, -0.25) is 4.79 Å². The molecule has 78 valence electrons. The van der Waals surface area contributed by atoms with Crippen LogP contribution in [0.15, 0.2) is 24.3 Å². The van der Waals surface area contributed by atoms with Crippen molar-refractivity contribution in [2.45, 2.75) is 25.8 Å². The van der Waals surface area contributed by atoms with Crippen LogP contribution in [0.5, 0.6) is 0 Å². The fourth-order valence-electron chi connectivity index (χ4n) is 2.82. The molecule has 2 heterocycles. The molecule has 2 aliphatic heterocycles. The van der Waals surface area contributed by atoms with Gasteiger partial charge in [0.1, 0.15) is 0 Å². The lowest BCUT2D eigenvalue weighted by atomic mass is 9.90. The Kier molecular flexibility index (Phi) is 1.84. The van der Waals surface area contributed by atoms with Crippen molar-refractivity contribution in [3.63, 3.8) is 0 Å². The summed E-state index contributed by atoms with van der Waals surface area (Å²) in [5, 5.41) is 0. The second-order valence-electron chi connectivity index (χ2n) is 4.73. The summed E-state index contributed by atoms with van der Waals surface area (Å²) in [6, 6.07) is 8.42. The lowest BCUT2D eigenvalue weighted by Gasteiger charge is -2.33. The van der Waals surface area contributed by atoms with Crippen LogP contribution in [0.1, 0.15) is 41.7 Å². The largest absolute Gasteiger partial charge is 0.332 e. The van der Waals surface area contributed by atoms with Gasteiger partial charge in [0.25, 0.3) is 5.91 Å². The molecule has 1 fully saturated rings. The minimum atomic E-state index is 0.238. The molecule has 0 N–H and O–H groups in total. The number of piperidine rings is 1. The van der Waals surface area contributed by atoms with E-state index >= 15 is 0 Å². The summed E-state index contributed by atoms with van der Waals surface area (Å²) in [4.78, 5) is 14.1. The molecular weight excluding hydrogens is 186 g/mol. The van der Waals surface area contributed by atoms with E-state index in [2.05, 4.69) is 13.0 Å². The molecule has 1 aromatic carbocycles. The second kappa shape index (κ2) is 3.09. The molecule has 0 aromatic heterocycles. The third kappa shape index (κ3) is 1.21. The molecule has 0 bridgehead atoms. The number of fused-ring (bicyclic) bond motifs is 3. The number of hydrogen-bond donors (Lipinski definition) is 0. The molecule has 2 aliphatic rings. The Morgan fingerprint density at radius 3 is 3.00 bits per heavy atom.